The second kappa shape index (κ2) is 6.39. The Labute approximate surface area is 135 Å². The summed E-state index contributed by atoms with van der Waals surface area (Å²) >= 11 is 8.07. The van der Waals surface area contributed by atoms with Crippen molar-refractivity contribution < 1.29 is 0 Å². The van der Waals surface area contributed by atoms with Gasteiger partial charge in [0.15, 0.2) is 0 Å². The molecule has 1 fully saturated rings. The minimum atomic E-state index is 0.696. The predicted molar refractivity (Wildman–Crippen MR) is 89.1 cm³/mol. The van der Waals surface area contributed by atoms with Crippen molar-refractivity contribution >= 4 is 23.4 Å². The van der Waals surface area contributed by atoms with Crippen LogP contribution in [0.5, 0.6) is 0 Å². The van der Waals surface area contributed by atoms with Gasteiger partial charge in [-0.15, -0.1) is 0 Å². The first-order valence-corrected chi connectivity index (χ1v) is 8.45. The van der Waals surface area contributed by atoms with Gasteiger partial charge >= 0.3 is 0 Å². The average molecular weight is 319 g/mol. The van der Waals surface area contributed by atoms with Crippen LogP contribution in [0, 0.1) is 13.8 Å². The summed E-state index contributed by atoms with van der Waals surface area (Å²) in [6, 6.07) is 11.0. The number of aromatic nitrogens is 1. The summed E-state index contributed by atoms with van der Waals surface area (Å²) in [5, 5.41) is 5.37. The SMILES string of the molecule is Cc1cc(C)nc(Sc2c(Cl)cccc2CNC2CC2)c1. The molecule has 1 heterocycles. The molecule has 2 nitrogen and oxygen atoms in total. The van der Waals surface area contributed by atoms with Crippen LogP contribution in [0.25, 0.3) is 0 Å². The minimum Gasteiger partial charge on any atom is -0.310 e. The molecule has 0 unspecified atom stereocenters. The van der Waals surface area contributed by atoms with E-state index in [4.69, 9.17) is 11.6 Å². The number of aryl methyl sites for hydroxylation is 2. The van der Waals surface area contributed by atoms with E-state index in [1.54, 1.807) is 11.8 Å². The Morgan fingerprint density at radius 3 is 2.81 bits per heavy atom. The first-order chi connectivity index (χ1) is 10.1. The number of hydrogen-bond acceptors (Lipinski definition) is 3. The summed E-state index contributed by atoms with van der Waals surface area (Å²) < 4.78 is 0. The number of halogens is 1. The van der Waals surface area contributed by atoms with Gasteiger partial charge in [0.25, 0.3) is 0 Å². The van der Waals surface area contributed by atoms with Gasteiger partial charge in [-0.25, -0.2) is 4.98 Å². The zero-order chi connectivity index (χ0) is 14.8. The number of nitrogens with one attached hydrogen (secondary N) is 1. The fourth-order valence-electron chi connectivity index (χ4n) is 2.31. The summed E-state index contributed by atoms with van der Waals surface area (Å²) in [6.07, 6.45) is 2.59. The van der Waals surface area contributed by atoms with Crippen LogP contribution in [-0.2, 0) is 6.54 Å². The van der Waals surface area contributed by atoms with Gasteiger partial charge in [-0.2, -0.15) is 0 Å². The Bertz CT molecular complexity index is 633. The van der Waals surface area contributed by atoms with Crippen molar-refractivity contribution in [3.63, 3.8) is 0 Å². The molecule has 0 spiro atoms. The zero-order valence-electron chi connectivity index (χ0n) is 12.3. The average Bonchev–Trinajstić information content (AvgIpc) is 3.22. The van der Waals surface area contributed by atoms with Crippen molar-refractivity contribution in [2.75, 3.05) is 0 Å². The molecular formula is C17H19ClN2S. The summed E-state index contributed by atoms with van der Waals surface area (Å²) in [4.78, 5) is 5.72. The Kier molecular flexibility index (Phi) is 4.53. The van der Waals surface area contributed by atoms with Crippen LogP contribution in [0.2, 0.25) is 5.02 Å². The molecule has 2 aromatic rings. The largest absolute Gasteiger partial charge is 0.310 e. The van der Waals surface area contributed by atoms with Crippen molar-refractivity contribution in [1.29, 1.82) is 0 Å². The van der Waals surface area contributed by atoms with E-state index in [-0.39, 0.29) is 0 Å². The molecule has 0 amide bonds. The van der Waals surface area contributed by atoms with Gasteiger partial charge in [0.05, 0.1) is 5.02 Å². The molecule has 3 rings (SSSR count). The maximum absolute atomic E-state index is 6.41. The number of pyridine rings is 1. The fraction of sp³-hybridized carbons (Fsp3) is 0.353. The molecule has 110 valence electrons. The van der Waals surface area contributed by atoms with Gasteiger partial charge in [-0.3, -0.25) is 0 Å². The van der Waals surface area contributed by atoms with E-state index in [0.717, 1.165) is 27.2 Å². The molecule has 0 bridgehead atoms. The number of nitrogens with zero attached hydrogens (tertiary/aromatic N) is 1. The minimum absolute atomic E-state index is 0.696. The van der Waals surface area contributed by atoms with Gasteiger partial charge in [0.2, 0.25) is 0 Å². The van der Waals surface area contributed by atoms with E-state index in [0.29, 0.717) is 6.04 Å². The van der Waals surface area contributed by atoms with Crippen LogP contribution in [0.3, 0.4) is 0 Å². The Morgan fingerprint density at radius 1 is 1.29 bits per heavy atom. The van der Waals surface area contributed by atoms with E-state index in [9.17, 15) is 0 Å². The molecule has 4 heteroatoms. The van der Waals surface area contributed by atoms with E-state index in [1.807, 2.05) is 19.1 Å². The highest BCUT2D eigenvalue weighted by Gasteiger charge is 2.21. The molecule has 0 atom stereocenters. The molecule has 21 heavy (non-hydrogen) atoms. The van der Waals surface area contributed by atoms with Gasteiger partial charge in [-0.1, -0.05) is 35.5 Å². The van der Waals surface area contributed by atoms with E-state index in [2.05, 4.69) is 35.4 Å². The normalized spacial score (nSPS) is 14.4. The third kappa shape index (κ3) is 4.00. The highest BCUT2D eigenvalue weighted by molar-refractivity contribution is 7.99. The Morgan fingerprint density at radius 2 is 2.10 bits per heavy atom. The Hall–Kier alpha value is -1.03. The molecular weight excluding hydrogens is 300 g/mol. The first kappa shape index (κ1) is 14.9. The number of rotatable bonds is 5. The predicted octanol–water partition coefficient (Wildman–Crippen LogP) is 4.76. The van der Waals surface area contributed by atoms with Gasteiger partial charge in [0, 0.05) is 23.2 Å². The van der Waals surface area contributed by atoms with Crippen molar-refractivity contribution in [2.45, 2.75) is 49.2 Å². The van der Waals surface area contributed by atoms with Crippen molar-refractivity contribution in [2.24, 2.45) is 0 Å². The summed E-state index contributed by atoms with van der Waals surface area (Å²) in [5.74, 6) is 0. The van der Waals surface area contributed by atoms with Crippen molar-refractivity contribution in [3.05, 3.63) is 52.2 Å². The van der Waals surface area contributed by atoms with E-state index in [1.165, 1.54) is 24.0 Å². The third-order valence-electron chi connectivity index (χ3n) is 3.49. The van der Waals surface area contributed by atoms with Crippen molar-refractivity contribution in [3.8, 4) is 0 Å². The highest BCUT2D eigenvalue weighted by atomic mass is 35.5. The lowest BCUT2D eigenvalue weighted by molar-refractivity contribution is 0.680. The number of benzene rings is 1. The highest BCUT2D eigenvalue weighted by Crippen LogP contribution is 2.36. The number of hydrogen-bond donors (Lipinski definition) is 1. The van der Waals surface area contributed by atoms with Crippen LogP contribution < -0.4 is 5.32 Å². The molecule has 1 saturated carbocycles. The molecule has 0 radical (unpaired) electrons. The van der Waals surface area contributed by atoms with Gasteiger partial charge < -0.3 is 5.32 Å². The maximum Gasteiger partial charge on any atom is 0.101 e. The molecule has 1 aromatic heterocycles. The van der Waals surface area contributed by atoms with Gasteiger partial charge in [0.1, 0.15) is 5.03 Å². The first-order valence-electron chi connectivity index (χ1n) is 7.26. The monoisotopic (exact) mass is 318 g/mol. The molecule has 1 aromatic carbocycles. The smallest absolute Gasteiger partial charge is 0.101 e. The third-order valence-corrected chi connectivity index (χ3v) is 5.02. The van der Waals surface area contributed by atoms with E-state index < -0.39 is 0 Å². The topological polar surface area (TPSA) is 24.9 Å². The van der Waals surface area contributed by atoms with Crippen molar-refractivity contribution in [1.82, 2.24) is 10.3 Å². The van der Waals surface area contributed by atoms with Crippen LogP contribution in [0.4, 0.5) is 0 Å². The maximum atomic E-state index is 6.41. The second-order valence-electron chi connectivity index (χ2n) is 5.61. The molecule has 0 saturated heterocycles. The van der Waals surface area contributed by atoms with E-state index >= 15 is 0 Å². The van der Waals surface area contributed by atoms with Crippen LogP contribution in [0.1, 0.15) is 29.7 Å². The quantitative estimate of drug-likeness (QED) is 0.860. The lowest BCUT2D eigenvalue weighted by atomic mass is 10.2. The molecule has 0 aliphatic heterocycles. The van der Waals surface area contributed by atoms with Gasteiger partial charge in [-0.05, 0) is 56.0 Å². The summed E-state index contributed by atoms with van der Waals surface area (Å²) in [6.45, 7) is 5.00. The van der Waals surface area contributed by atoms with Crippen LogP contribution >= 0.6 is 23.4 Å². The lowest BCUT2D eigenvalue weighted by Crippen LogP contribution is -2.15. The van der Waals surface area contributed by atoms with Crippen LogP contribution in [0.15, 0.2) is 40.3 Å². The molecule has 1 N–H and O–H groups in total. The summed E-state index contributed by atoms with van der Waals surface area (Å²) in [7, 11) is 0. The second-order valence-corrected chi connectivity index (χ2v) is 7.05. The standard InChI is InChI=1S/C17H19ClN2S/c1-11-8-12(2)20-16(9-11)21-17-13(4-3-5-15(17)18)10-19-14-6-7-14/h3-5,8-9,14,19H,6-7,10H2,1-2H3. The van der Waals surface area contributed by atoms with Crippen LogP contribution in [-0.4, -0.2) is 11.0 Å². The molecule has 1 aliphatic rings. The summed E-state index contributed by atoms with van der Waals surface area (Å²) in [5.41, 5.74) is 3.53. The fourth-order valence-corrected chi connectivity index (χ4v) is 3.70. The lowest BCUT2D eigenvalue weighted by Gasteiger charge is -2.12. The zero-order valence-corrected chi connectivity index (χ0v) is 13.9. The Balaban J connectivity index is 1.85. The molecule has 1 aliphatic carbocycles.